The highest BCUT2D eigenvalue weighted by Gasteiger charge is 2.36. The Balaban J connectivity index is 1.57. The number of thiazole rings is 1. The normalized spacial score (nSPS) is 14.2. The zero-order chi connectivity index (χ0) is 22.2. The predicted molar refractivity (Wildman–Crippen MR) is 124 cm³/mol. The van der Waals surface area contributed by atoms with Gasteiger partial charge in [-0.05, 0) is 54.5 Å². The van der Waals surface area contributed by atoms with Crippen molar-refractivity contribution in [3.63, 3.8) is 0 Å². The molecule has 0 unspecified atom stereocenters. The molecular weight excluding hydrogens is 454 g/mol. The Morgan fingerprint density at radius 1 is 1.26 bits per heavy atom. The van der Waals surface area contributed by atoms with Crippen molar-refractivity contribution in [1.82, 2.24) is 9.55 Å². The zero-order valence-electron chi connectivity index (χ0n) is 17.3. The molecule has 2 aromatic heterocycles. The van der Waals surface area contributed by atoms with Crippen LogP contribution in [0.15, 0.2) is 47.6 Å². The Labute approximate surface area is 191 Å². The lowest BCUT2D eigenvalue weighted by atomic mass is 10.1. The van der Waals surface area contributed by atoms with Crippen LogP contribution in [0.4, 0.5) is 5.13 Å². The molecule has 1 fully saturated rings. The van der Waals surface area contributed by atoms with Crippen molar-refractivity contribution in [2.45, 2.75) is 49.8 Å². The number of benzene rings is 1. The van der Waals surface area contributed by atoms with Crippen LogP contribution in [0.2, 0.25) is 4.34 Å². The van der Waals surface area contributed by atoms with Gasteiger partial charge in [0, 0.05) is 12.7 Å². The maximum atomic E-state index is 12.9. The molecule has 0 aliphatic heterocycles. The predicted octanol–water partition coefficient (Wildman–Crippen LogP) is 5.03. The van der Waals surface area contributed by atoms with E-state index in [1.807, 2.05) is 29.0 Å². The van der Waals surface area contributed by atoms with Gasteiger partial charge in [-0.25, -0.2) is 13.4 Å². The minimum Gasteiger partial charge on any atom is -0.339 e. The number of amides is 1. The van der Waals surface area contributed by atoms with E-state index in [9.17, 15) is 13.2 Å². The molecule has 1 N–H and O–H groups in total. The summed E-state index contributed by atoms with van der Waals surface area (Å²) in [4.78, 5) is 17.4. The number of anilines is 1. The quantitative estimate of drug-likeness (QED) is 0.493. The third-order valence-corrected chi connectivity index (χ3v) is 8.40. The Bertz CT molecular complexity index is 1190. The van der Waals surface area contributed by atoms with E-state index in [4.69, 9.17) is 11.6 Å². The maximum Gasteiger partial charge on any atom is 0.274 e. The first-order valence-corrected chi connectivity index (χ1v) is 12.9. The molecular formula is C22H24ClN3O3S2. The maximum absolute atomic E-state index is 12.9. The van der Waals surface area contributed by atoms with Crippen molar-refractivity contribution < 1.29 is 13.2 Å². The van der Waals surface area contributed by atoms with Gasteiger partial charge < -0.3 is 4.57 Å². The Hall–Kier alpha value is -2.16. The second-order valence-electron chi connectivity index (χ2n) is 8.27. The summed E-state index contributed by atoms with van der Waals surface area (Å²) >= 11 is 7.12. The molecule has 0 radical (unpaired) electrons. The number of hydrogen-bond acceptors (Lipinski definition) is 5. The van der Waals surface area contributed by atoms with Crippen molar-refractivity contribution in [2.24, 2.45) is 5.92 Å². The second kappa shape index (κ2) is 8.76. The smallest absolute Gasteiger partial charge is 0.274 e. The van der Waals surface area contributed by atoms with E-state index in [-0.39, 0.29) is 11.2 Å². The van der Waals surface area contributed by atoms with Gasteiger partial charge in [0.2, 0.25) is 0 Å². The Morgan fingerprint density at radius 2 is 1.97 bits per heavy atom. The van der Waals surface area contributed by atoms with E-state index in [1.54, 1.807) is 12.1 Å². The summed E-state index contributed by atoms with van der Waals surface area (Å²) in [5, 5.41) is 3.03. The highest BCUT2D eigenvalue weighted by Crippen LogP contribution is 2.33. The highest BCUT2D eigenvalue weighted by atomic mass is 35.5. The fourth-order valence-electron chi connectivity index (χ4n) is 3.50. The van der Waals surface area contributed by atoms with E-state index in [2.05, 4.69) is 24.1 Å². The van der Waals surface area contributed by atoms with Gasteiger partial charge in [-0.3, -0.25) is 10.1 Å². The third kappa shape index (κ3) is 5.19. The largest absolute Gasteiger partial charge is 0.339 e. The van der Waals surface area contributed by atoms with Gasteiger partial charge in [0.1, 0.15) is 10.0 Å². The molecule has 164 valence electrons. The molecule has 2 heterocycles. The van der Waals surface area contributed by atoms with Crippen LogP contribution in [0.3, 0.4) is 0 Å². The summed E-state index contributed by atoms with van der Waals surface area (Å²) in [5.74, 6) is 0.199. The van der Waals surface area contributed by atoms with Crippen LogP contribution in [0, 0.1) is 5.92 Å². The van der Waals surface area contributed by atoms with Gasteiger partial charge in [0.25, 0.3) is 5.91 Å². The van der Waals surface area contributed by atoms with E-state index >= 15 is 0 Å². The lowest BCUT2D eigenvalue weighted by Gasteiger charge is -2.10. The number of nitrogens with zero attached hydrogens (tertiary/aromatic N) is 2. The highest BCUT2D eigenvalue weighted by molar-refractivity contribution is 7.92. The molecule has 3 aromatic rings. The number of sulfone groups is 1. The molecule has 6 nitrogen and oxygen atoms in total. The molecule has 0 atom stereocenters. The van der Waals surface area contributed by atoms with Crippen LogP contribution in [-0.4, -0.2) is 29.1 Å². The molecule has 1 aromatic carbocycles. The SMILES string of the molecule is CC(C)Cc1cc(C(=O)Nc2ncc(Cl)s2)n(Cc2ccc(S(=O)(=O)C3CC3)cc2)c1. The Kier molecular flexibility index (Phi) is 6.23. The van der Waals surface area contributed by atoms with Gasteiger partial charge in [-0.15, -0.1) is 0 Å². The molecule has 9 heteroatoms. The summed E-state index contributed by atoms with van der Waals surface area (Å²) in [6.07, 6.45) is 5.83. The molecule has 4 rings (SSSR count). The zero-order valence-corrected chi connectivity index (χ0v) is 19.7. The molecule has 1 saturated carbocycles. The number of carbonyl (C=O) groups excluding carboxylic acids is 1. The first-order chi connectivity index (χ1) is 14.7. The number of nitrogens with one attached hydrogen (secondary N) is 1. The van der Waals surface area contributed by atoms with Crippen molar-refractivity contribution >= 4 is 43.8 Å². The average Bonchev–Trinajstić information content (AvgIpc) is 3.40. The van der Waals surface area contributed by atoms with Crippen LogP contribution in [0.25, 0.3) is 0 Å². The molecule has 0 spiro atoms. The van der Waals surface area contributed by atoms with Gasteiger partial charge in [-0.2, -0.15) is 0 Å². The lowest BCUT2D eigenvalue weighted by molar-refractivity contribution is 0.101. The minimum absolute atomic E-state index is 0.226. The molecule has 0 saturated heterocycles. The van der Waals surface area contributed by atoms with Crippen LogP contribution in [0.5, 0.6) is 0 Å². The second-order valence-corrected chi connectivity index (χ2v) is 12.2. The van der Waals surface area contributed by atoms with Crippen LogP contribution in [0.1, 0.15) is 48.3 Å². The minimum atomic E-state index is -3.21. The molecule has 31 heavy (non-hydrogen) atoms. The Morgan fingerprint density at radius 3 is 2.55 bits per heavy atom. The summed E-state index contributed by atoms with van der Waals surface area (Å²) in [6, 6.07) is 8.87. The summed E-state index contributed by atoms with van der Waals surface area (Å²) in [5.41, 5.74) is 2.52. The number of carbonyl (C=O) groups is 1. The molecule has 1 amide bonds. The fraction of sp³-hybridized carbons (Fsp3) is 0.364. The monoisotopic (exact) mass is 477 g/mol. The summed E-state index contributed by atoms with van der Waals surface area (Å²) in [6.45, 7) is 4.73. The van der Waals surface area contributed by atoms with E-state index in [0.717, 1.165) is 30.4 Å². The average molecular weight is 478 g/mol. The fourth-order valence-corrected chi connectivity index (χ4v) is 5.97. The third-order valence-electron chi connectivity index (χ3n) is 5.10. The van der Waals surface area contributed by atoms with Gasteiger partial charge in [0.15, 0.2) is 15.0 Å². The van der Waals surface area contributed by atoms with Crippen molar-refractivity contribution in [3.05, 3.63) is 63.9 Å². The summed E-state index contributed by atoms with van der Waals surface area (Å²) < 4.78 is 27.2. The van der Waals surface area contributed by atoms with Crippen LogP contribution < -0.4 is 5.32 Å². The van der Waals surface area contributed by atoms with E-state index in [1.165, 1.54) is 17.5 Å². The number of halogens is 1. The number of hydrogen-bond donors (Lipinski definition) is 1. The van der Waals surface area contributed by atoms with E-state index < -0.39 is 9.84 Å². The first kappa shape index (κ1) is 22.0. The number of aromatic nitrogens is 2. The topological polar surface area (TPSA) is 81.1 Å². The van der Waals surface area contributed by atoms with Crippen LogP contribution >= 0.6 is 22.9 Å². The van der Waals surface area contributed by atoms with Gasteiger partial charge in [-0.1, -0.05) is 48.9 Å². The van der Waals surface area contributed by atoms with Gasteiger partial charge >= 0.3 is 0 Å². The van der Waals surface area contributed by atoms with Gasteiger partial charge in [0.05, 0.1) is 16.3 Å². The number of rotatable bonds is 8. The molecule has 1 aliphatic carbocycles. The van der Waals surface area contributed by atoms with Crippen LogP contribution in [-0.2, 0) is 22.8 Å². The molecule has 1 aliphatic rings. The standard InChI is InChI=1S/C22H24ClN3O3S2/c1-14(2)9-16-10-19(21(27)25-22-24-11-20(23)30-22)26(13-16)12-15-3-5-17(6-4-15)31(28,29)18-7-8-18/h3-6,10-11,13-14,18H,7-9,12H2,1-2H3,(H,24,25,27). The summed E-state index contributed by atoms with van der Waals surface area (Å²) in [7, 11) is -3.21. The van der Waals surface area contributed by atoms with Crippen molar-refractivity contribution in [2.75, 3.05) is 5.32 Å². The lowest BCUT2D eigenvalue weighted by Crippen LogP contribution is -2.17. The van der Waals surface area contributed by atoms with Crippen molar-refractivity contribution in [1.29, 1.82) is 0 Å². The first-order valence-electron chi connectivity index (χ1n) is 10.2. The van der Waals surface area contributed by atoms with Crippen molar-refractivity contribution in [3.8, 4) is 0 Å². The van der Waals surface area contributed by atoms with E-state index in [0.29, 0.717) is 32.5 Å². The molecule has 0 bridgehead atoms.